The number of amides is 5. The Bertz CT molecular complexity index is 810. The number of halogens is 3. The van der Waals surface area contributed by atoms with Crippen molar-refractivity contribution < 1.29 is 52.4 Å². The Balaban J connectivity index is 1.70. The van der Waals surface area contributed by atoms with Crippen molar-refractivity contribution >= 4 is 23.8 Å². The van der Waals surface area contributed by atoms with Gasteiger partial charge in [-0.3, -0.25) is 24.6 Å². The molecule has 0 aliphatic carbocycles. The van der Waals surface area contributed by atoms with Crippen LogP contribution >= 0.6 is 0 Å². The number of unbranched alkanes of at least 4 members (excludes halogenated alkanes) is 3. The largest absolute Gasteiger partial charge is 0.471 e. The van der Waals surface area contributed by atoms with Crippen molar-refractivity contribution in [3.63, 3.8) is 0 Å². The maximum Gasteiger partial charge on any atom is 0.471 e. The predicted molar refractivity (Wildman–Crippen MR) is 111 cm³/mol. The lowest BCUT2D eigenvalue weighted by Gasteiger charge is -2.35. The van der Waals surface area contributed by atoms with Gasteiger partial charge < -0.3 is 30.7 Å². The number of rotatable bonds is 11. The summed E-state index contributed by atoms with van der Waals surface area (Å²) in [4.78, 5) is 47.9. The number of aliphatic hydroxyl groups is 3. The zero-order valence-corrected chi connectivity index (χ0v) is 18.7. The van der Waals surface area contributed by atoms with Crippen molar-refractivity contribution in [2.75, 3.05) is 26.2 Å². The first-order valence-electron chi connectivity index (χ1n) is 11.0. The molecular weight excluding hydrogens is 481 g/mol. The van der Waals surface area contributed by atoms with Crippen LogP contribution in [0.15, 0.2) is 12.2 Å². The SMILES string of the molecule is O=C(/C=C/C1CN([C@@H]2O[C@H](CO)[C@@H](O)[C@H]2O)C(=O)NC1=O)NCCCCCCNC(=O)C(F)(F)F. The number of alkyl halides is 3. The minimum Gasteiger partial charge on any atom is -0.394 e. The molecule has 15 heteroatoms. The first-order valence-corrected chi connectivity index (χ1v) is 11.0. The zero-order valence-electron chi connectivity index (χ0n) is 18.7. The van der Waals surface area contributed by atoms with Crippen molar-refractivity contribution in [1.29, 1.82) is 0 Å². The molecule has 2 aliphatic heterocycles. The molecule has 0 aromatic carbocycles. The van der Waals surface area contributed by atoms with E-state index >= 15 is 0 Å². The minimum absolute atomic E-state index is 0.0983. The monoisotopic (exact) mass is 510 g/mol. The lowest BCUT2D eigenvalue weighted by molar-refractivity contribution is -0.173. The maximum atomic E-state index is 12.2. The van der Waals surface area contributed by atoms with Crippen LogP contribution in [0.4, 0.5) is 18.0 Å². The molecule has 2 rings (SSSR count). The molecule has 5 atom stereocenters. The second kappa shape index (κ2) is 12.8. The number of ether oxygens (including phenoxy) is 1. The van der Waals surface area contributed by atoms with Gasteiger partial charge in [-0.2, -0.15) is 13.2 Å². The number of aliphatic hydroxyl groups excluding tert-OH is 3. The molecule has 2 fully saturated rings. The van der Waals surface area contributed by atoms with Gasteiger partial charge in [0.25, 0.3) is 0 Å². The first kappa shape index (κ1) is 28.5. The topological polar surface area (TPSA) is 178 Å². The number of hydrogen-bond donors (Lipinski definition) is 6. The second-order valence-corrected chi connectivity index (χ2v) is 8.10. The lowest BCUT2D eigenvalue weighted by Crippen LogP contribution is -2.59. The fourth-order valence-corrected chi connectivity index (χ4v) is 3.53. The zero-order chi connectivity index (χ0) is 26.2. The number of hydrogen-bond acceptors (Lipinski definition) is 8. The van der Waals surface area contributed by atoms with Gasteiger partial charge in [0.2, 0.25) is 11.8 Å². The number of carbonyl (C=O) groups excluding carboxylic acids is 4. The van der Waals surface area contributed by atoms with Crippen LogP contribution < -0.4 is 16.0 Å². The van der Waals surface area contributed by atoms with Gasteiger partial charge in [-0.25, -0.2) is 4.79 Å². The predicted octanol–water partition coefficient (Wildman–Crippen LogP) is -1.50. The van der Waals surface area contributed by atoms with Gasteiger partial charge >= 0.3 is 18.1 Å². The Hall–Kier alpha value is -2.75. The van der Waals surface area contributed by atoms with Crippen molar-refractivity contribution in [2.45, 2.75) is 56.4 Å². The quantitative estimate of drug-likeness (QED) is 0.144. The van der Waals surface area contributed by atoms with Crippen molar-refractivity contribution in [1.82, 2.24) is 20.9 Å². The van der Waals surface area contributed by atoms with E-state index in [0.29, 0.717) is 25.7 Å². The van der Waals surface area contributed by atoms with E-state index in [1.54, 1.807) is 5.32 Å². The van der Waals surface area contributed by atoms with Gasteiger partial charge in [0.1, 0.15) is 18.3 Å². The number of urea groups is 1. The van der Waals surface area contributed by atoms with Crippen LogP contribution in [0.5, 0.6) is 0 Å². The highest BCUT2D eigenvalue weighted by molar-refractivity contribution is 5.99. The minimum atomic E-state index is -4.90. The summed E-state index contributed by atoms with van der Waals surface area (Å²) in [5, 5.41) is 35.6. The Morgan fingerprint density at radius 2 is 1.71 bits per heavy atom. The van der Waals surface area contributed by atoms with Gasteiger partial charge in [-0.05, 0) is 18.9 Å². The summed E-state index contributed by atoms with van der Waals surface area (Å²) in [6, 6.07) is -0.850. The number of carbonyl (C=O) groups is 4. The van der Waals surface area contributed by atoms with E-state index < -0.39 is 67.0 Å². The van der Waals surface area contributed by atoms with Crippen molar-refractivity contribution in [3.8, 4) is 0 Å². The molecular formula is C20H29F3N4O8. The Morgan fingerprint density at radius 1 is 1.09 bits per heavy atom. The van der Waals surface area contributed by atoms with Gasteiger partial charge in [0, 0.05) is 19.6 Å². The van der Waals surface area contributed by atoms with Crippen LogP contribution in [0.2, 0.25) is 0 Å². The number of nitrogens with zero attached hydrogens (tertiary/aromatic N) is 1. The normalized spacial score (nSPS) is 27.3. The van der Waals surface area contributed by atoms with E-state index in [4.69, 9.17) is 4.74 Å². The molecule has 2 heterocycles. The van der Waals surface area contributed by atoms with Gasteiger partial charge in [0.15, 0.2) is 6.23 Å². The maximum absolute atomic E-state index is 12.2. The molecule has 0 saturated carbocycles. The highest BCUT2D eigenvalue weighted by Gasteiger charge is 2.48. The smallest absolute Gasteiger partial charge is 0.394 e. The Kier molecular flexibility index (Phi) is 10.4. The van der Waals surface area contributed by atoms with Crippen LogP contribution in [0, 0.1) is 5.92 Å². The summed E-state index contributed by atoms with van der Waals surface area (Å²) in [5.74, 6) is -4.09. The van der Waals surface area contributed by atoms with Gasteiger partial charge in [0.05, 0.1) is 12.5 Å². The lowest BCUT2D eigenvalue weighted by atomic mass is 10.0. The summed E-state index contributed by atoms with van der Waals surface area (Å²) < 4.78 is 41.4. The summed E-state index contributed by atoms with van der Waals surface area (Å²) in [6.07, 6.45) is -5.76. The van der Waals surface area contributed by atoms with Crippen LogP contribution in [-0.4, -0.2) is 101 Å². The van der Waals surface area contributed by atoms with Crippen LogP contribution in [-0.2, 0) is 19.1 Å². The molecule has 198 valence electrons. The third kappa shape index (κ3) is 8.16. The molecule has 12 nitrogen and oxygen atoms in total. The molecule has 0 spiro atoms. The molecule has 2 saturated heterocycles. The fourth-order valence-electron chi connectivity index (χ4n) is 3.53. The van der Waals surface area contributed by atoms with Crippen molar-refractivity contribution in [3.05, 3.63) is 12.2 Å². The van der Waals surface area contributed by atoms with E-state index in [0.717, 1.165) is 11.0 Å². The fraction of sp³-hybridized carbons (Fsp3) is 0.700. The molecule has 5 amide bonds. The average molecular weight is 510 g/mol. The summed E-state index contributed by atoms with van der Waals surface area (Å²) >= 11 is 0. The molecule has 0 bridgehead atoms. The molecule has 2 aliphatic rings. The number of imide groups is 1. The third-order valence-corrected chi connectivity index (χ3v) is 5.47. The van der Waals surface area contributed by atoms with Crippen molar-refractivity contribution in [2.24, 2.45) is 5.92 Å². The summed E-state index contributed by atoms with van der Waals surface area (Å²) in [7, 11) is 0. The second-order valence-electron chi connectivity index (χ2n) is 8.10. The Morgan fingerprint density at radius 3 is 2.29 bits per heavy atom. The number of nitrogens with one attached hydrogen (secondary N) is 3. The molecule has 0 aromatic rings. The summed E-state index contributed by atoms with van der Waals surface area (Å²) in [5.41, 5.74) is 0. The molecule has 0 aromatic heterocycles. The van der Waals surface area contributed by atoms with E-state index in [-0.39, 0.29) is 19.6 Å². The standard InChI is InChI=1S/C20H29F3N4O8/c21-20(22,23)18(33)25-8-4-2-1-3-7-24-13(29)6-5-11-9-27(19(34)26-16(11)32)17-15(31)14(30)12(10-28)35-17/h5-6,11-12,14-15,17,28,30-31H,1-4,7-10H2,(H,24,29)(H,25,33)(H,26,32,34)/b6-5+/t11?,12-,14-,15-,17-/m1/s1. The highest BCUT2D eigenvalue weighted by Crippen LogP contribution is 2.26. The van der Waals surface area contributed by atoms with E-state index in [9.17, 15) is 47.7 Å². The molecule has 1 unspecified atom stereocenters. The summed E-state index contributed by atoms with van der Waals surface area (Å²) in [6.45, 7) is -0.631. The van der Waals surface area contributed by atoms with Crippen LogP contribution in [0.1, 0.15) is 25.7 Å². The van der Waals surface area contributed by atoms with E-state index in [2.05, 4.69) is 10.6 Å². The molecule has 0 radical (unpaired) electrons. The third-order valence-electron chi connectivity index (χ3n) is 5.47. The van der Waals surface area contributed by atoms with E-state index in [1.807, 2.05) is 0 Å². The van der Waals surface area contributed by atoms with Gasteiger partial charge in [-0.1, -0.05) is 18.9 Å². The molecule has 6 N–H and O–H groups in total. The van der Waals surface area contributed by atoms with E-state index in [1.165, 1.54) is 6.08 Å². The van der Waals surface area contributed by atoms with Crippen LogP contribution in [0.25, 0.3) is 0 Å². The molecule has 35 heavy (non-hydrogen) atoms. The highest BCUT2D eigenvalue weighted by atomic mass is 19.4. The first-order chi connectivity index (χ1) is 16.5. The average Bonchev–Trinajstić information content (AvgIpc) is 3.07. The van der Waals surface area contributed by atoms with Gasteiger partial charge in [-0.15, -0.1) is 0 Å². The Labute approximate surface area is 198 Å². The van der Waals surface area contributed by atoms with Crippen LogP contribution in [0.3, 0.4) is 0 Å².